The first-order chi connectivity index (χ1) is 10.8. The summed E-state index contributed by atoms with van der Waals surface area (Å²) in [6.07, 6.45) is 5.37. The average Bonchev–Trinajstić information content (AvgIpc) is 2.86. The molecule has 0 aromatic heterocycles. The monoisotopic (exact) mass is 302 g/mol. The Kier molecular flexibility index (Phi) is 3.66. The summed E-state index contributed by atoms with van der Waals surface area (Å²) in [5, 5.41) is 6.62. The fourth-order valence-corrected chi connectivity index (χ4v) is 3.98. The van der Waals surface area contributed by atoms with Gasteiger partial charge in [0, 0.05) is 18.5 Å². The van der Waals surface area contributed by atoms with E-state index in [0.717, 1.165) is 18.5 Å². The van der Waals surface area contributed by atoms with Gasteiger partial charge in [0.2, 0.25) is 5.91 Å². The second-order valence-corrected chi connectivity index (χ2v) is 6.56. The Morgan fingerprint density at radius 1 is 1.18 bits per heavy atom. The molecule has 1 aromatic carbocycles. The van der Waals surface area contributed by atoms with Gasteiger partial charge >= 0.3 is 0 Å². The van der Waals surface area contributed by atoms with Crippen molar-refractivity contribution in [3.63, 3.8) is 0 Å². The number of benzene rings is 1. The van der Waals surface area contributed by atoms with Gasteiger partial charge in [0.15, 0.2) is 11.5 Å². The fraction of sp³-hybridized carbons (Fsp3) is 0.588. The van der Waals surface area contributed by atoms with E-state index in [9.17, 15) is 4.79 Å². The third kappa shape index (κ3) is 2.77. The summed E-state index contributed by atoms with van der Waals surface area (Å²) in [5.74, 6) is 1.95. The molecule has 4 rings (SSSR count). The van der Waals surface area contributed by atoms with Crippen LogP contribution in [-0.2, 0) is 4.79 Å². The first kappa shape index (κ1) is 13.9. The van der Waals surface area contributed by atoms with Gasteiger partial charge in [-0.1, -0.05) is 6.07 Å². The minimum atomic E-state index is 0.0777. The highest BCUT2D eigenvalue weighted by Crippen LogP contribution is 2.38. The normalized spacial score (nSPS) is 29.2. The van der Waals surface area contributed by atoms with Gasteiger partial charge in [-0.05, 0) is 43.7 Å². The predicted octanol–water partition coefficient (Wildman–Crippen LogP) is 2.32. The minimum absolute atomic E-state index is 0.0777. The molecule has 2 bridgehead atoms. The number of hydrogen-bond acceptors (Lipinski definition) is 4. The molecule has 2 fully saturated rings. The lowest BCUT2D eigenvalue weighted by atomic mass is 9.89. The molecule has 0 saturated carbocycles. The highest BCUT2D eigenvalue weighted by atomic mass is 16.6. The number of ether oxygens (including phenoxy) is 2. The number of anilines is 1. The van der Waals surface area contributed by atoms with E-state index in [-0.39, 0.29) is 5.91 Å². The van der Waals surface area contributed by atoms with Crippen LogP contribution in [0.25, 0.3) is 0 Å². The fourth-order valence-electron chi connectivity index (χ4n) is 3.98. The molecule has 0 spiro atoms. The Bertz CT molecular complexity index is 563. The third-order valence-electron chi connectivity index (χ3n) is 4.89. The summed E-state index contributed by atoms with van der Waals surface area (Å²) in [6, 6.07) is 6.87. The number of para-hydroxylation sites is 1. The van der Waals surface area contributed by atoms with E-state index < -0.39 is 0 Å². The van der Waals surface area contributed by atoms with Gasteiger partial charge in [0.1, 0.15) is 13.2 Å². The van der Waals surface area contributed by atoms with E-state index in [1.54, 1.807) is 0 Å². The molecule has 0 aliphatic carbocycles. The zero-order valence-corrected chi connectivity index (χ0v) is 12.6. The Balaban J connectivity index is 1.40. The molecular weight excluding hydrogens is 280 g/mol. The third-order valence-corrected chi connectivity index (χ3v) is 4.89. The average molecular weight is 302 g/mol. The number of piperidine rings is 1. The van der Waals surface area contributed by atoms with Crippen LogP contribution in [0.2, 0.25) is 0 Å². The predicted molar refractivity (Wildman–Crippen MR) is 83.3 cm³/mol. The molecule has 2 atom stereocenters. The summed E-state index contributed by atoms with van der Waals surface area (Å²) in [5.41, 5.74) is 0.721. The van der Waals surface area contributed by atoms with Gasteiger partial charge in [0.25, 0.3) is 0 Å². The van der Waals surface area contributed by atoms with Crippen molar-refractivity contribution in [3.05, 3.63) is 18.2 Å². The van der Waals surface area contributed by atoms with E-state index >= 15 is 0 Å². The van der Waals surface area contributed by atoms with Crippen LogP contribution in [0, 0.1) is 5.92 Å². The molecule has 2 N–H and O–H groups in total. The van der Waals surface area contributed by atoms with Crippen LogP contribution < -0.4 is 20.1 Å². The van der Waals surface area contributed by atoms with Crippen molar-refractivity contribution in [2.75, 3.05) is 18.5 Å². The lowest BCUT2D eigenvalue weighted by Crippen LogP contribution is -2.39. The highest BCUT2D eigenvalue weighted by molar-refractivity contribution is 5.93. The molecule has 118 valence electrons. The molecule has 3 aliphatic rings. The van der Waals surface area contributed by atoms with Gasteiger partial charge in [-0.15, -0.1) is 0 Å². The molecule has 2 saturated heterocycles. The standard InChI is InChI=1S/C17H22N2O3/c20-16(10-11-8-12-4-5-13(9-11)18-12)19-14-2-1-3-15-17(14)22-7-6-21-15/h1-3,11-13,18H,4-10H2,(H,19,20). The van der Waals surface area contributed by atoms with Crippen molar-refractivity contribution >= 4 is 11.6 Å². The van der Waals surface area contributed by atoms with Gasteiger partial charge in [0.05, 0.1) is 5.69 Å². The maximum absolute atomic E-state index is 12.4. The smallest absolute Gasteiger partial charge is 0.224 e. The van der Waals surface area contributed by atoms with Crippen molar-refractivity contribution in [1.29, 1.82) is 0 Å². The molecule has 0 radical (unpaired) electrons. The van der Waals surface area contributed by atoms with E-state index in [1.807, 2.05) is 18.2 Å². The zero-order chi connectivity index (χ0) is 14.9. The van der Waals surface area contributed by atoms with Gasteiger partial charge < -0.3 is 20.1 Å². The summed E-state index contributed by atoms with van der Waals surface area (Å²) in [7, 11) is 0. The Hall–Kier alpha value is -1.75. The molecule has 3 aliphatic heterocycles. The minimum Gasteiger partial charge on any atom is -0.486 e. The molecule has 5 nitrogen and oxygen atoms in total. The van der Waals surface area contributed by atoms with E-state index in [2.05, 4.69) is 10.6 Å². The molecule has 22 heavy (non-hydrogen) atoms. The summed E-state index contributed by atoms with van der Waals surface area (Å²) in [4.78, 5) is 12.4. The second-order valence-electron chi connectivity index (χ2n) is 6.56. The quantitative estimate of drug-likeness (QED) is 0.899. The second kappa shape index (κ2) is 5.80. The topological polar surface area (TPSA) is 59.6 Å². The van der Waals surface area contributed by atoms with E-state index in [1.165, 1.54) is 12.8 Å². The Morgan fingerprint density at radius 3 is 2.77 bits per heavy atom. The number of nitrogens with one attached hydrogen (secondary N) is 2. The maximum Gasteiger partial charge on any atom is 0.224 e. The zero-order valence-electron chi connectivity index (χ0n) is 12.6. The first-order valence-corrected chi connectivity index (χ1v) is 8.22. The number of fused-ring (bicyclic) bond motifs is 3. The number of carbonyl (C=O) groups excluding carboxylic acids is 1. The van der Waals surface area contributed by atoms with Crippen LogP contribution in [0.15, 0.2) is 18.2 Å². The Labute approximate surface area is 130 Å². The SMILES string of the molecule is O=C(CC1CC2CCC(C1)N2)Nc1cccc2c1OCCO2. The van der Waals surface area contributed by atoms with E-state index in [4.69, 9.17) is 9.47 Å². The number of hydrogen-bond donors (Lipinski definition) is 2. The van der Waals surface area contributed by atoms with Crippen LogP contribution in [0.5, 0.6) is 11.5 Å². The first-order valence-electron chi connectivity index (χ1n) is 8.22. The number of rotatable bonds is 3. The largest absolute Gasteiger partial charge is 0.486 e. The summed E-state index contributed by atoms with van der Waals surface area (Å²) >= 11 is 0. The molecule has 1 aromatic rings. The lowest BCUT2D eigenvalue weighted by molar-refractivity contribution is -0.117. The van der Waals surface area contributed by atoms with Gasteiger partial charge in [-0.25, -0.2) is 0 Å². The highest BCUT2D eigenvalue weighted by Gasteiger charge is 2.34. The van der Waals surface area contributed by atoms with Crippen molar-refractivity contribution < 1.29 is 14.3 Å². The van der Waals surface area contributed by atoms with Gasteiger partial charge in [-0.3, -0.25) is 4.79 Å². The maximum atomic E-state index is 12.4. The number of amides is 1. The number of carbonyl (C=O) groups is 1. The van der Waals surface area contributed by atoms with Crippen molar-refractivity contribution in [2.45, 2.75) is 44.2 Å². The van der Waals surface area contributed by atoms with Gasteiger partial charge in [-0.2, -0.15) is 0 Å². The van der Waals surface area contributed by atoms with Crippen molar-refractivity contribution in [1.82, 2.24) is 5.32 Å². The van der Waals surface area contributed by atoms with Crippen LogP contribution in [0.4, 0.5) is 5.69 Å². The summed E-state index contributed by atoms with van der Waals surface area (Å²) < 4.78 is 11.2. The molecule has 1 amide bonds. The van der Waals surface area contributed by atoms with Crippen molar-refractivity contribution in [3.8, 4) is 11.5 Å². The Morgan fingerprint density at radius 2 is 1.95 bits per heavy atom. The molecule has 5 heteroatoms. The molecular formula is C17H22N2O3. The van der Waals surface area contributed by atoms with Crippen LogP contribution in [-0.4, -0.2) is 31.2 Å². The molecule has 3 heterocycles. The molecule has 2 unspecified atom stereocenters. The van der Waals surface area contributed by atoms with Crippen LogP contribution in [0.1, 0.15) is 32.1 Å². The summed E-state index contributed by atoms with van der Waals surface area (Å²) in [6.45, 7) is 1.08. The van der Waals surface area contributed by atoms with Crippen LogP contribution in [0.3, 0.4) is 0 Å². The van der Waals surface area contributed by atoms with Crippen LogP contribution >= 0.6 is 0 Å². The van der Waals surface area contributed by atoms with E-state index in [0.29, 0.717) is 49.1 Å². The lowest BCUT2D eigenvalue weighted by Gasteiger charge is -2.28. The van der Waals surface area contributed by atoms with Crippen molar-refractivity contribution in [2.24, 2.45) is 5.92 Å².